The lowest BCUT2D eigenvalue weighted by Gasteiger charge is -2.40. The first-order chi connectivity index (χ1) is 13.0. The third-order valence-electron chi connectivity index (χ3n) is 6.51. The predicted octanol–water partition coefficient (Wildman–Crippen LogP) is 4.01. The molecular weight excluding hydrogens is 332 g/mol. The summed E-state index contributed by atoms with van der Waals surface area (Å²) in [6, 6.07) is 9.01. The maximum atomic E-state index is 4.62. The van der Waals surface area contributed by atoms with Gasteiger partial charge in [-0.15, -0.1) is 0 Å². The highest BCUT2D eigenvalue weighted by molar-refractivity contribution is 5.22. The van der Waals surface area contributed by atoms with Gasteiger partial charge in [-0.3, -0.25) is 14.5 Å². The number of likely N-dealkylation sites (tertiary alicyclic amines) is 2. The fourth-order valence-electron chi connectivity index (χ4n) is 5.13. The Morgan fingerprint density at radius 3 is 2.59 bits per heavy atom. The maximum Gasteiger partial charge on any atom is 0.0638 e. The molecule has 27 heavy (non-hydrogen) atoms. The van der Waals surface area contributed by atoms with Crippen molar-refractivity contribution in [3.63, 3.8) is 0 Å². The summed E-state index contributed by atoms with van der Waals surface area (Å²) in [7, 11) is 0. The van der Waals surface area contributed by atoms with E-state index in [1.54, 1.807) is 0 Å². The van der Waals surface area contributed by atoms with E-state index in [0.29, 0.717) is 5.41 Å². The quantitative estimate of drug-likeness (QED) is 0.799. The molecule has 0 aliphatic carbocycles. The molecule has 0 N–H and O–H groups in total. The molecule has 1 aromatic carbocycles. The van der Waals surface area contributed by atoms with Crippen molar-refractivity contribution in [1.82, 2.24) is 19.6 Å². The Morgan fingerprint density at radius 2 is 1.85 bits per heavy atom. The summed E-state index contributed by atoms with van der Waals surface area (Å²) in [6.07, 6.45) is 6.32. The van der Waals surface area contributed by atoms with Crippen molar-refractivity contribution in [3.8, 4) is 0 Å². The monoisotopic (exact) mass is 366 g/mol. The summed E-state index contributed by atoms with van der Waals surface area (Å²) in [6.45, 7) is 14.6. The summed E-state index contributed by atoms with van der Waals surface area (Å²) in [5.74, 6) is 0. The van der Waals surface area contributed by atoms with Crippen LogP contribution in [0.15, 0.2) is 30.5 Å². The number of aryl methyl sites for hydroxylation is 3. The van der Waals surface area contributed by atoms with E-state index in [2.05, 4.69) is 70.8 Å². The number of piperidine rings is 1. The first-order valence-corrected chi connectivity index (χ1v) is 10.6. The van der Waals surface area contributed by atoms with Gasteiger partial charge in [0.25, 0.3) is 0 Å². The van der Waals surface area contributed by atoms with Gasteiger partial charge in [-0.05, 0) is 64.1 Å². The number of hydrogen-bond donors (Lipinski definition) is 0. The van der Waals surface area contributed by atoms with Gasteiger partial charge >= 0.3 is 0 Å². The SMILES string of the molecule is CCn1cc(CN2CCC3(CCCN(Cc4cccc(C)c4)C3)C2)c(C)n1. The Hall–Kier alpha value is -1.65. The number of rotatable bonds is 5. The van der Waals surface area contributed by atoms with Crippen LogP contribution in [-0.2, 0) is 19.6 Å². The van der Waals surface area contributed by atoms with Crippen LogP contribution in [0.2, 0.25) is 0 Å². The lowest BCUT2D eigenvalue weighted by molar-refractivity contribution is 0.0866. The van der Waals surface area contributed by atoms with Crippen LogP contribution in [-0.4, -0.2) is 45.8 Å². The average Bonchev–Trinajstić information content (AvgIpc) is 3.19. The van der Waals surface area contributed by atoms with Crippen molar-refractivity contribution < 1.29 is 0 Å². The van der Waals surface area contributed by atoms with Gasteiger partial charge in [0.1, 0.15) is 0 Å². The van der Waals surface area contributed by atoms with Crippen LogP contribution in [0.3, 0.4) is 0 Å². The molecule has 0 radical (unpaired) electrons. The molecular formula is C23H34N4. The molecule has 0 saturated carbocycles. The zero-order chi connectivity index (χ0) is 18.9. The Bertz CT molecular complexity index is 780. The van der Waals surface area contributed by atoms with Crippen LogP contribution < -0.4 is 0 Å². The van der Waals surface area contributed by atoms with Crippen LogP contribution in [0.1, 0.15) is 48.6 Å². The second-order valence-corrected chi connectivity index (χ2v) is 8.86. The van der Waals surface area contributed by atoms with Crippen LogP contribution in [0.5, 0.6) is 0 Å². The molecule has 1 aromatic heterocycles. The molecule has 1 spiro atoms. The molecule has 0 amide bonds. The number of nitrogens with zero attached hydrogens (tertiary/aromatic N) is 4. The van der Waals surface area contributed by atoms with Gasteiger partial charge in [-0.25, -0.2) is 0 Å². The molecule has 4 rings (SSSR count). The molecule has 2 aliphatic rings. The minimum atomic E-state index is 0.497. The van der Waals surface area contributed by atoms with Crippen LogP contribution in [0.4, 0.5) is 0 Å². The van der Waals surface area contributed by atoms with Crippen molar-refractivity contribution in [2.75, 3.05) is 26.2 Å². The van der Waals surface area contributed by atoms with Gasteiger partial charge in [0.2, 0.25) is 0 Å². The van der Waals surface area contributed by atoms with E-state index < -0.39 is 0 Å². The number of benzene rings is 1. The standard InChI is InChI=1S/C23H34N4/c1-4-27-16-22(20(3)24-27)15-26-12-10-23(18-26)9-6-11-25(17-23)14-21-8-5-7-19(2)13-21/h5,7-8,13,16H,4,6,9-12,14-15,17-18H2,1-3H3. The summed E-state index contributed by atoms with van der Waals surface area (Å²) in [5, 5.41) is 4.62. The van der Waals surface area contributed by atoms with Gasteiger partial charge in [0.05, 0.1) is 5.69 Å². The second kappa shape index (κ2) is 7.76. The first-order valence-electron chi connectivity index (χ1n) is 10.6. The highest BCUT2D eigenvalue weighted by Gasteiger charge is 2.41. The zero-order valence-corrected chi connectivity index (χ0v) is 17.2. The molecule has 0 bridgehead atoms. The topological polar surface area (TPSA) is 24.3 Å². The lowest BCUT2D eigenvalue weighted by Crippen LogP contribution is -2.44. The molecule has 1 atom stereocenters. The molecule has 2 saturated heterocycles. The van der Waals surface area contributed by atoms with Crippen molar-refractivity contribution in [3.05, 3.63) is 52.8 Å². The summed E-state index contributed by atoms with van der Waals surface area (Å²) in [4.78, 5) is 5.36. The number of aromatic nitrogens is 2. The van der Waals surface area contributed by atoms with Gasteiger partial charge < -0.3 is 0 Å². The van der Waals surface area contributed by atoms with Crippen molar-refractivity contribution >= 4 is 0 Å². The molecule has 2 fully saturated rings. The third-order valence-corrected chi connectivity index (χ3v) is 6.51. The van der Waals surface area contributed by atoms with Crippen molar-refractivity contribution in [1.29, 1.82) is 0 Å². The van der Waals surface area contributed by atoms with Crippen LogP contribution >= 0.6 is 0 Å². The fraction of sp³-hybridized carbons (Fsp3) is 0.609. The van der Waals surface area contributed by atoms with Gasteiger partial charge in [0.15, 0.2) is 0 Å². The lowest BCUT2D eigenvalue weighted by atomic mass is 9.79. The largest absolute Gasteiger partial charge is 0.298 e. The van der Waals surface area contributed by atoms with Crippen LogP contribution in [0.25, 0.3) is 0 Å². The van der Waals surface area contributed by atoms with Crippen molar-refractivity contribution in [2.45, 2.75) is 59.7 Å². The fourth-order valence-corrected chi connectivity index (χ4v) is 5.13. The highest BCUT2D eigenvalue weighted by atomic mass is 15.3. The Labute approximate surface area is 164 Å². The zero-order valence-electron chi connectivity index (χ0n) is 17.2. The molecule has 4 heteroatoms. The van der Waals surface area contributed by atoms with Gasteiger partial charge in [0, 0.05) is 44.5 Å². The first kappa shape index (κ1) is 18.7. The number of hydrogen-bond acceptors (Lipinski definition) is 3. The molecule has 2 aliphatic heterocycles. The second-order valence-electron chi connectivity index (χ2n) is 8.86. The van der Waals surface area contributed by atoms with E-state index in [9.17, 15) is 0 Å². The highest BCUT2D eigenvalue weighted by Crippen LogP contribution is 2.40. The minimum absolute atomic E-state index is 0.497. The van der Waals surface area contributed by atoms with E-state index >= 15 is 0 Å². The van der Waals surface area contributed by atoms with Crippen molar-refractivity contribution in [2.24, 2.45) is 5.41 Å². The smallest absolute Gasteiger partial charge is 0.0638 e. The molecule has 3 heterocycles. The van der Waals surface area contributed by atoms with Gasteiger partial charge in [-0.2, -0.15) is 5.10 Å². The van der Waals surface area contributed by atoms with E-state index in [-0.39, 0.29) is 0 Å². The summed E-state index contributed by atoms with van der Waals surface area (Å²) >= 11 is 0. The van der Waals surface area contributed by atoms with Crippen LogP contribution in [0, 0.1) is 19.3 Å². The van der Waals surface area contributed by atoms with E-state index in [1.807, 2.05) is 0 Å². The molecule has 1 unspecified atom stereocenters. The average molecular weight is 367 g/mol. The van der Waals surface area contributed by atoms with E-state index in [4.69, 9.17) is 0 Å². The van der Waals surface area contributed by atoms with E-state index in [0.717, 1.165) is 19.6 Å². The summed E-state index contributed by atoms with van der Waals surface area (Å²) < 4.78 is 2.07. The molecule has 4 nitrogen and oxygen atoms in total. The molecule has 146 valence electrons. The Morgan fingerprint density at radius 1 is 1.04 bits per heavy atom. The van der Waals surface area contributed by atoms with E-state index in [1.165, 1.54) is 67.8 Å². The maximum absolute atomic E-state index is 4.62. The third kappa shape index (κ3) is 4.27. The minimum Gasteiger partial charge on any atom is -0.298 e. The van der Waals surface area contributed by atoms with Gasteiger partial charge in [-0.1, -0.05) is 29.8 Å². The normalized spacial score (nSPS) is 24.1. The predicted molar refractivity (Wildman–Crippen MR) is 111 cm³/mol. The summed E-state index contributed by atoms with van der Waals surface area (Å²) in [5.41, 5.74) is 5.93. The molecule has 2 aromatic rings. The Balaban J connectivity index is 1.38. The Kier molecular flexibility index (Phi) is 5.38.